The molecule has 1 atom stereocenters. The average molecular weight is 345 g/mol. The minimum Gasteiger partial charge on any atom is -0.350 e. The fraction of sp³-hybridized carbons (Fsp3) is 0.273. The summed E-state index contributed by atoms with van der Waals surface area (Å²) in [6.45, 7) is 2.03. The second kappa shape index (κ2) is 6.79. The van der Waals surface area contributed by atoms with Crippen molar-refractivity contribution in [1.82, 2.24) is 9.58 Å². The van der Waals surface area contributed by atoms with Gasteiger partial charge in [0.15, 0.2) is 0 Å². The van der Waals surface area contributed by atoms with Gasteiger partial charge in [-0.2, -0.15) is 5.10 Å². The highest BCUT2D eigenvalue weighted by atomic mass is 16.2. The molecule has 1 aliphatic heterocycles. The number of amides is 1. The van der Waals surface area contributed by atoms with E-state index in [1.54, 1.807) is 5.01 Å². The molecule has 4 nitrogen and oxygen atoms in total. The first-order chi connectivity index (χ1) is 12.7. The topological polar surface area (TPSA) is 37.6 Å². The molecule has 1 amide bonds. The van der Waals surface area contributed by atoms with Gasteiger partial charge in [0.25, 0.3) is 0 Å². The third kappa shape index (κ3) is 2.81. The zero-order valence-electron chi connectivity index (χ0n) is 15.2. The first kappa shape index (κ1) is 16.6. The molecule has 1 aromatic heterocycles. The summed E-state index contributed by atoms with van der Waals surface area (Å²) >= 11 is 0. The molecule has 0 aliphatic carbocycles. The molecule has 0 unspecified atom stereocenters. The molecule has 2 heterocycles. The molecule has 26 heavy (non-hydrogen) atoms. The Hall–Kier alpha value is -2.88. The van der Waals surface area contributed by atoms with Crippen LogP contribution >= 0.6 is 0 Å². The molecule has 0 spiro atoms. The molecule has 0 saturated heterocycles. The van der Waals surface area contributed by atoms with Gasteiger partial charge in [0.2, 0.25) is 5.91 Å². The smallest absolute Gasteiger partial charge is 0.243 e. The second-order valence-electron chi connectivity index (χ2n) is 6.83. The van der Waals surface area contributed by atoms with E-state index in [2.05, 4.69) is 48.1 Å². The van der Waals surface area contributed by atoms with E-state index in [0.717, 1.165) is 24.1 Å². The Morgan fingerprint density at radius 1 is 1.12 bits per heavy atom. The highest BCUT2D eigenvalue weighted by molar-refractivity contribution is 6.03. The number of nitrogens with zero attached hydrogens (tertiary/aromatic N) is 3. The maximum Gasteiger partial charge on any atom is 0.243 e. The first-order valence-corrected chi connectivity index (χ1v) is 9.18. The van der Waals surface area contributed by atoms with Crippen LogP contribution in [0.2, 0.25) is 0 Å². The molecular weight excluding hydrogens is 322 g/mol. The van der Waals surface area contributed by atoms with Gasteiger partial charge in [0.1, 0.15) is 0 Å². The summed E-state index contributed by atoms with van der Waals surface area (Å²) < 4.78 is 2.13. The van der Waals surface area contributed by atoms with Crippen molar-refractivity contribution in [3.8, 4) is 0 Å². The van der Waals surface area contributed by atoms with Gasteiger partial charge in [-0.05, 0) is 18.1 Å². The summed E-state index contributed by atoms with van der Waals surface area (Å²) in [5, 5.41) is 7.65. The SMILES string of the molecule is CCCC(=O)N1N=C(c2ccccc2)C[C@@H]1c1cn(C)c2ccccc12. The van der Waals surface area contributed by atoms with Gasteiger partial charge < -0.3 is 4.57 Å². The van der Waals surface area contributed by atoms with Crippen molar-refractivity contribution in [2.45, 2.75) is 32.2 Å². The minimum atomic E-state index is -0.0460. The summed E-state index contributed by atoms with van der Waals surface area (Å²) in [5.41, 5.74) is 4.42. The van der Waals surface area contributed by atoms with Crippen LogP contribution in [0.25, 0.3) is 10.9 Å². The van der Waals surface area contributed by atoms with E-state index in [0.29, 0.717) is 6.42 Å². The maximum absolute atomic E-state index is 12.8. The highest BCUT2D eigenvalue weighted by Gasteiger charge is 2.34. The molecule has 4 heteroatoms. The van der Waals surface area contributed by atoms with Crippen LogP contribution < -0.4 is 0 Å². The Labute approximate surface area is 153 Å². The monoisotopic (exact) mass is 345 g/mol. The Morgan fingerprint density at radius 3 is 2.62 bits per heavy atom. The fourth-order valence-electron chi connectivity index (χ4n) is 3.75. The zero-order valence-corrected chi connectivity index (χ0v) is 15.2. The van der Waals surface area contributed by atoms with Crippen LogP contribution in [0, 0.1) is 0 Å². The molecule has 0 radical (unpaired) electrons. The standard InChI is InChI=1S/C22H23N3O/c1-3-9-22(26)25-21(14-19(23-25)16-10-5-4-6-11-16)18-15-24(2)20-13-8-7-12-17(18)20/h4-8,10-13,15,21H,3,9,14H2,1-2H3/t21-/m1/s1. The van der Waals surface area contributed by atoms with Crippen LogP contribution in [0.3, 0.4) is 0 Å². The van der Waals surface area contributed by atoms with E-state index in [9.17, 15) is 4.79 Å². The third-order valence-corrected chi connectivity index (χ3v) is 5.02. The van der Waals surface area contributed by atoms with Crippen molar-refractivity contribution < 1.29 is 4.79 Å². The van der Waals surface area contributed by atoms with Gasteiger partial charge in [-0.15, -0.1) is 0 Å². The molecule has 4 rings (SSSR count). The lowest BCUT2D eigenvalue weighted by molar-refractivity contribution is -0.133. The van der Waals surface area contributed by atoms with Crippen molar-refractivity contribution >= 4 is 22.5 Å². The summed E-state index contributed by atoms with van der Waals surface area (Å²) in [4.78, 5) is 12.8. The van der Waals surface area contributed by atoms with Crippen LogP contribution in [0.1, 0.15) is 43.4 Å². The zero-order chi connectivity index (χ0) is 18.1. The maximum atomic E-state index is 12.8. The Morgan fingerprint density at radius 2 is 1.85 bits per heavy atom. The number of hydrogen-bond acceptors (Lipinski definition) is 2. The minimum absolute atomic E-state index is 0.0460. The number of hydrogen-bond donors (Lipinski definition) is 0. The van der Waals surface area contributed by atoms with Crippen molar-refractivity contribution in [2.75, 3.05) is 0 Å². The Balaban J connectivity index is 1.78. The van der Waals surface area contributed by atoms with Gasteiger partial charge in [-0.1, -0.05) is 55.5 Å². The van der Waals surface area contributed by atoms with E-state index >= 15 is 0 Å². The number of hydrazone groups is 1. The summed E-state index contributed by atoms with van der Waals surface area (Å²) in [5.74, 6) is 0.0939. The van der Waals surface area contributed by atoms with Crippen LogP contribution in [0.4, 0.5) is 0 Å². The van der Waals surface area contributed by atoms with E-state index in [-0.39, 0.29) is 11.9 Å². The van der Waals surface area contributed by atoms with Gasteiger partial charge in [-0.3, -0.25) is 4.79 Å². The van der Waals surface area contributed by atoms with Crippen LogP contribution in [0.15, 0.2) is 65.9 Å². The van der Waals surface area contributed by atoms with Crippen LogP contribution in [-0.2, 0) is 11.8 Å². The Bertz CT molecular complexity index is 971. The van der Waals surface area contributed by atoms with E-state index in [4.69, 9.17) is 5.10 Å². The quantitative estimate of drug-likeness (QED) is 0.678. The fourth-order valence-corrected chi connectivity index (χ4v) is 3.75. The highest BCUT2D eigenvalue weighted by Crippen LogP contribution is 2.37. The number of para-hydroxylation sites is 1. The van der Waals surface area contributed by atoms with Gasteiger partial charge in [0, 0.05) is 42.6 Å². The van der Waals surface area contributed by atoms with Crippen molar-refractivity contribution in [3.63, 3.8) is 0 Å². The lowest BCUT2D eigenvalue weighted by atomic mass is 9.98. The molecular formula is C22H23N3O. The molecule has 3 aromatic rings. The van der Waals surface area contributed by atoms with E-state index < -0.39 is 0 Å². The van der Waals surface area contributed by atoms with Crippen LogP contribution in [0.5, 0.6) is 0 Å². The lowest BCUT2D eigenvalue weighted by Gasteiger charge is -2.21. The molecule has 1 aliphatic rings. The molecule has 132 valence electrons. The normalized spacial score (nSPS) is 16.9. The number of aryl methyl sites for hydroxylation is 1. The van der Waals surface area contributed by atoms with Crippen LogP contribution in [-0.4, -0.2) is 21.2 Å². The predicted molar refractivity (Wildman–Crippen MR) is 105 cm³/mol. The molecule has 0 saturated carbocycles. The number of carbonyl (C=O) groups is 1. The lowest BCUT2D eigenvalue weighted by Crippen LogP contribution is -2.26. The number of fused-ring (bicyclic) bond motifs is 1. The first-order valence-electron chi connectivity index (χ1n) is 9.18. The van der Waals surface area contributed by atoms with Gasteiger partial charge in [-0.25, -0.2) is 5.01 Å². The number of rotatable bonds is 4. The largest absolute Gasteiger partial charge is 0.350 e. The summed E-state index contributed by atoms with van der Waals surface area (Å²) in [6.07, 6.45) is 4.24. The molecule has 0 N–H and O–H groups in total. The second-order valence-corrected chi connectivity index (χ2v) is 6.83. The average Bonchev–Trinajstić information content (AvgIpc) is 3.25. The van der Waals surface area contributed by atoms with Gasteiger partial charge in [0.05, 0.1) is 11.8 Å². The Kier molecular flexibility index (Phi) is 4.33. The van der Waals surface area contributed by atoms with E-state index in [1.807, 2.05) is 31.2 Å². The number of benzene rings is 2. The van der Waals surface area contributed by atoms with Gasteiger partial charge >= 0.3 is 0 Å². The van der Waals surface area contributed by atoms with E-state index in [1.165, 1.54) is 16.5 Å². The molecule has 0 bridgehead atoms. The number of carbonyl (C=O) groups excluding carboxylic acids is 1. The van der Waals surface area contributed by atoms with Crippen molar-refractivity contribution in [1.29, 1.82) is 0 Å². The van der Waals surface area contributed by atoms with Crippen molar-refractivity contribution in [3.05, 3.63) is 71.9 Å². The third-order valence-electron chi connectivity index (χ3n) is 5.02. The number of aromatic nitrogens is 1. The summed E-state index contributed by atoms with van der Waals surface area (Å²) in [7, 11) is 2.05. The summed E-state index contributed by atoms with van der Waals surface area (Å²) in [6, 6.07) is 18.5. The predicted octanol–water partition coefficient (Wildman–Crippen LogP) is 4.66. The van der Waals surface area contributed by atoms with Crippen molar-refractivity contribution in [2.24, 2.45) is 12.1 Å². The molecule has 0 fully saturated rings. The molecule has 2 aromatic carbocycles.